The van der Waals surface area contributed by atoms with Crippen molar-refractivity contribution in [2.24, 2.45) is 0 Å². The highest BCUT2D eigenvalue weighted by molar-refractivity contribution is 5.95. The smallest absolute Gasteiger partial charge is 0.254 e. The van der Waals surface area contributed by atoms with Crippen LogP contribution in [0.5, 0.6) is 11.5 Å². The Morgan fingerprint density at radius 1 is 1.00 bits per heavy atom. The molecule has 1 heterocycles. The maximum absolute atomic E-state index is 12.6. The molecule has 5 nitrogen and oxygen atoms in total. The highest BCUT2D eigenvalue weighted by atomic mass is 16.5. The molecule has 0 aliphatic rings. The Hall–Kier alpha value is -3.34. The lowest BCUT2D eigenvalue weighted by atomic mass is 10.2. The number of carbonyl (C=O) groups excluding carboxylic acids is 1. The highest BCUT2D eigenvalue weighted by Gasteiger charge is 2.13. The zero-order valence-corrected chi connectivity index (χ0v) is 15.6. The third-order valence-corrected chi connectivity index (χ3v) is 4.18. The average Bonchev–Trinajstić information content (AvgIpc) is 2.71. The Kier molecular flexibility index (Phi) is 6.05. The molecule has 3 aromatic rings. The van der Waals surface area contributed by atoms with E-state index in [2.05, 4.69) is 10.3 Å². The summed E-state index contributed by atoms with van der Waals surface area (Å²) in [6, 6.07) is 20.7. The number of nitrogens with zero attached hydrogens (tertiary/aromatic N) is 2. The second-order valence-electron chi connectivity index (χ2n) is 5.94. The van der Waals surface area contributed by atoms with Crippen LogP contribution in [0.15, 0.2) is 72.9 Å². The lowest BCUT2D eigenvalue weighted by molar-refractivity contribution is 0.0773. The van der Waals surface area contributed by atoms with E-state index in [1.54, 1.807) is 23.2 Å². The maximum Gasteiger partial charge on any atom is 0.254 e. The van der Waals surface area contributed by atoms with E-state index in [4.69, 9.17) is 4.74 Å². The van der Waals surface area contributed by atoms with Gasteiger partial charge in [0.15, 0.2) is 5.75 Å². The summed E-state index contributed by atoms with van der Waals surface area (Å²) in [5.74, 6) is 2.03. The molecular weight excluding hydrogens is 338 g/mol. The first-order valence-corrected chi connectivity index (χ1v) is 9.05. The SMILES string of the molecule is CCN(CC)C(=O)c1ccnc(Nc2ccccc2Oc2ccccc2)c1. The van der Waals surface area contributed by atoms with Crippen molar-refractivity contribution in [2.45, 2.75) is 13.8 Å². The Bertz CT molecular complexity index is 893. The predicted octanol–water partition coefficient (Wildman–Crippen LogP) is 5.10. The summed E-state index contributed by atoms with van der Waals surface area (Å²) in [7, 11) is 0. The van der Waals surface area contributed by atoms with Crippen LogP contribution in [0.4, 0.5) is 11.5 Å². The van der Waals surface area contributed by atoms with Crippen molar-refractivity contribution in [2.75, 3.05) is 18.4 Å². The van der Waals surface area contributed by atoms with Crippen molar-refractivity contribution in [3.05, 3.63) is 78.5 Å². The van der Waals surface area contributed by atoms with Crippen LogP contribution in [0.2, 0.25) is 0 Å². The number of amides is 1. The third-order valence-electron chi connectivity index (χ3n) is 4.18. The molecule has 0 atom stereocenters. The molecule has 2 aromatic carbocycles. The molecule has 0 radical (unpaired) electrons. The van der Waals surface area contributed by atoms with Crippen LogP contribution in [0.3, 0.4) is 0 Å². The molecule has 1 aromatic heterocycles. The Morgan fingerprint density at radius 3 is 2.44 bits per heavy atom. The highest BCUT2D eigenvalue weighted by Crippen LogP contribution is 2.31. The first-order chi connectivity index (χ1) is 13.2. The number of hydrogen-bond donors (Lipinski definition) is 1. The second kappa shape index (κ2) is 8.85. The van der Waals surface area contributed by atoms with Crippen LogP contribution in [0.25, 0.3) is 0 Å². The van der Waals surface area contributed by atoms with Gasteiger partial charge in [-0.15, -0.1) is 0 Å². The first kappa shape index (κ1) is 18.5. The van der Waals surface area contributed by atoms with Gasteiger partial charge in [0.2, 0.25) is 0 Å². The Labute approximate surface area is 159 Å². The van der Waals surface area contributed by atoms with Crippen molar-refractivity contribution in [3.8, 4) is 11.5 Å². The largest absolute Gasteiger partial charge is 0.455 e. The van der Waals surface area contributed by atoms with Gasteiger partial charge in [-0.2, -0.15) is 0 Å². The number of aromatic nitrogens is 1. The van der Waals surface area contributed by atoms with E-state index >= 15 is 0 Å². The van der Waals surface area contributed by atoms with E-state index < -0.39 is 0 Å². The van der Waals surface area contributed by atoms with Crippen LogP contribution >= 0.6 is 0 Å². The molecule has 0 fully saturated rings. The van der Waals surface area contributed by atoms with Crippen LogP contribution in [-0.2, 0) is 0 Å². The van der Waals surface area contributed by atoms with Gasteiger partial charge in [0.05, 0.1) is 5.69 Å². The molecule has 0 saturated heterocycles. The number of para-hydroxylation sites is 3. The van der Waals surface area contributed by atoms with Crippen LogP contribution < -0.4 is 10.1 Å². The molecule has 0 aliphatic heterocycles. The summed E-state index contributed by atoms with van der Waals surface area (Å²) in [6.07, 6.45) is 1.64. The zero-order valence-electron chi connectivity index (χ0n) is 15.6. The normalized spacial score (nSPS) is 10.3. The fourth-order valence-electron chi connectivity index (χ4n) is 2.74. The molecule has 3 rings (SSSR count). The van der Waals surface area contributed by atoms with Gasteiger partial charge in [-0.3, -0.25) is 4.79 Å². The average molecular weight is 361 g/mol. The predicted molar refractivity (Wildman–Crippen MR) is 108 cm³/mol. The van der Waals surface area contributed by atoms with Crippen molar-refractivity contribution in [1.29, 1.82) is 0 Å². The minimum absolute atomic E-state index is 0.000675. The van der Waals surface area contributed by atoms with Crippen molar-refractivity contribution >= 4 is 17.4 Å². The summed E-state index contributed by atoms with van der Waals surface area (Å²) in [4.78, 5) is 18.7. The van der Waals surface area contributed by atoms with E-state index in [0.717, 1.165) is 11.4 Å². The maximum atomic E-state index is 12.6. The van der Waals surface area contributed by atoms with Gasteiger partial charge < -0.3 is 15.0 Å². The monoisotopic (exact) mass is 361 g/mol. The van der Waals surface area contributed by atoms with Gasteiger partial charge in [0, 0.05) is 24.8 Å². The van der Waals surface area contributed by atoms with Gasteiger partial charge >= 0.3 is 0 Å². The first-order valence-electron chi connectivity index (χ1n) is 9.05. The molecule has 1 amide bonds. The molecule has 5 heteroatoms. The number of nitrogens with one attached hydrogen (secondary N) is 1. The topological polar surface area (TPSA) is 54.5 Å². The summed E-state index contributed by atoms with van der Waals surface area (Å²) in [5, 5.41) is 3.26. The molecule has 27 heavy (non-hydrogen) atoms. The summed E-state index contributed by atoms with van der Waals surface area (Å²) >= 11 is 0. The molecule has 1 N–H and O–H groups in total. The van der Waals surface area contributed by atoms with Gasteiger partial charge in [0.1, 0.15) is 11.6 Å². The summed E-state index contributed by atoms with van der Waals surface area (Å²) in [6.45, 7) is 5.29. The standard InChI is InChI=1S/C22H23N3O2/c1-3-25(4-2)22(26)17-14-15-23-21(16-17)24-19-12-8-9-13-20(19)27-18-10-6-5-7-11-18/h5-16H,3-4H2,1-2H3,(H,23,24). The van der Waals surface area contributed by atoms with Gasteiger partial charge in [0.25, 0.3) is 5.91 Å². The number of pyridine rings is 1. The summed E-state index contributed by atoms with van der Waals surface area (Å²) < 4.78 is 5.97. The molecule has 138 valence electrons. The minimum Gasteiger partial charge on any atom is -0.455 e. The fraction of sp³-hybridized carbons (Fsp3) is 0.182. The van der Waals surface area contributed by atoms with Gasteiger partial charge in [-0.25, -0.2) is 4.98 Å². The molecule has 0 aliphatic carbocycles. The zero-order chi connectivity index (χ0) is 19.1. The number of carbonyl (C=O) groups is 1. The lowest BCUT2D eigenvalue weighted by Crippen LogP contribution is -2.30. The minimum atomic E-state index is -0.000675. The van der Waals surface area contributed by atoms with Crippen LogP contribution in [0.1, 0.15) is 24.2 Å². The number of anilines is 2. The number of hydrogen-bond acceptors (Lipinski definition) is 4. The van der Waals surface area contributed by atoms with Crippen molar-refractivity contribution in [3.63, 3.8) is 0 Å². The fourth-order valence-corrected chi connectivity index (χ4v) is 2.74. The van der Waals surface area contributed by atoms with E-state index in [9.17, 15) is 4.79 Å². The molecular formula is C22H23N3O2. The van der Waals surface area contributed by atoms with E-state index in [-0.39, 0.29) is 5.91 Å². The van der Waals surface area contributed by atoms with E-state index in [0.29, 0.717) is 30.2 Å². The van der Waals surface area contributed by atoms with Crippen LogP contribution in [0, 0.1) is 0 Å². The lowest BCUT2D eigenvalue weighted by Gasteiger charge is -2.19. The molecule has 0 unspecified atom stereocenters. The Balaban J connectivity index is 1.82. The molecule has 0 saturated carbocycles. The number of rotatable bonds is 7. The number of ether oxygens (including phenoxy) is 1. The van der Waals surface area contributed by atoms with E-state index in [1.165, 1.54) is 0 Å². The molecule has 0 spiro atoms. The van der Waals surface area contributed by atoms with Gasteiger partial charge in [-0.05, 0) is 50.2 Å². The summed E-state index contributed by atoms with van der Waals surface area (Å²) in [5.41, 5.74) is 1.39. The molecule has 0 bridgehead atoms. The van der Waals surface area contributed by atoms with Gasteiger partial charge in [-0.1, -0.05) is 30.3 Å². The van der Waals surface area contributed by atoms with Crippen molar-refractivity contribution < 1.29 is 9.53 Å². The van der Waals surface area contributed by atoms with E-state index in [1.807, 2.05) is 68.4 Å². The quantitative estimate of drug-likeness (QED) is 0.636. The number of benzene rings is 2. The van der Waals surface area contributed by atoms with Crippen LogP contribution in [-0.4, -0.2) is 28.9 Å². The second-order valence-corrected chi connectivity index (χ2v) is 5.94. The third kappa shape index (κ3) is 4.64. The van der Waals surface area contributed by atoms with Crippen molar-refractivity contribution in [1.82, 2.24) is 9.88 Å². The Morgan fingerprint density at radius 2 is 1.70 bits per heavy atom.